The summed E-state index contributed by atoms with van der Waals surface area (Å²) in [6.45, 7) is 7.83. The summed E-state index contributed by atoms with van der Waals surface area (Å²) in [5.41, 5.74) is 3.16. The predicted octanol–water partition coefficient (Wildman–Crippen LogP) is 4.48. The summed E-state index contributed by atoms with van der Waals surface area (Å²) in [5, 5.41) is 2.93. The molecule has 0 saturated carbocycles. The smallest absolute Gasteiger partial charge is 0.261 e. The zero-order valence-electron chi connectivity index (χ0n) is 14.6. The van der Waals surface area contributed by atoms with Crippen molar-refractivity contribution < 1.29 is 13.9 Å². The quantitative estimate of drug-likeness (QED) is 0.849. The lowest BCUT2D eigenvalue weighted by atomic mass is 10.1. The Balaban J connectivity index is 2.02. The first kappa shape index (κ1) is 18.0. The predicted molar refractivity (Wildman–Crippen MR) is 93.6 cm³/mol. The van der Waals surface area contributed by atoms with Gasteiger partial charge in [-0.1, -0.05) is 25.1 Å². The largest absolute Gasteiger partial charge is 0.481 e. The average Bonchev–Trinajstić information content (AvgIpc) is 2.56. The van der Waals surface area contributed by atoms with Crippen LogP contribution in [0.2, 0.25) is 0 Å². The number of halogens is 1. The second-order valence-electron chi connectivity index (χ2n) is 6.04. The van der Waals surface area contributed by atoms with Crippen LogP contribution in [0.5, 0.6) is 5.75 Å². The molecule has 0 bridgehead atoms. The van der Waals surface area contributed by atoms with E-state index < -0.39 is 6.10 Å². The van der Waals surface area contributed by atoms with E-state index in [1.54, 1.807) is 12.1 Å². The van der Waals surface area contributed by atoms with Gasteiger partial charge in [0.1, 0.15) is 11.6 Å². The molecule has 3 nitrogen and oxygen atoms in total. The van der Waals surface area contributed by atoms with Crippen molar-refractivity contribution >= 4 is 5.91 Å². The molecule has 4 heteroatoms. The SMILES string of the molecule is CC[C@@H](Oc1ccc(C)c(C)c1)C(=O)N[C@H](C)c1ccc(F)cc1. The Morgan fingerprint density at radius 1 is 1.12 bits per heavy atom. The second-order valence-corrected chi connectivity index (χ2v) is 6.04. The molecule has 0 spiro atoms. The van der Waals surface area contributed by atoms with E-state index in [0.29, 0.717) is 12.2 Å². The summed E-state index contributed by atoms with van der Waals surface area (Å²) in [4.78, 5) is 12.5. The van der Waals surface area contributed by atoms with Crippen molar-refractivity contribution in [2.75, 3.05) is 0 Å². The Morgan fingerprint density at radius 3 is 2.38 bits per heavy atom. The van der Waals surface area contributed by atoms with Gasteiger partial charge in [0.2, 0.25) is 0 Å². The van der Waals surface area contributed by atoms with Gasteiger partial charge in [-0.25, -0.2) is 4.39 Å². The van der Waals surface area contributed by atoms with Gasteiger partial charge in [-0.3, -0.25) is 4.79 Å². The summed E-state index contributed by atoms with van der Waals surface area (Å²) in [7, 11) is 0. The number of benzene rings is 2. The van der Waals surface area contributed by atoms with Crippen molar-refractivity contribution in [3.63, 3.8) is 0 Å². The van der Waals surface area contributed by atoms with E-state index in [1.807, 2.05) is 45.9 Å². The Hall–Kier alpha value is -2.36. The van der Waals surface area contributed by atoms with Gasteiger partial charge >= 0.3 is 0 Å². The Labute approximate surface area is 142 Å². The van der Waals surface area contributed by atoms with Crippen molar-refractivity contribution in [2.24, 2.45) is 0 Å². The Bertz CT molecular complexity index is 697. The minimum absolute atomic E-state index is 0.174. The van der Waals surface area contributed by atoms with Crippen molar-refractivity contribution in [1.82, 2.24) is 5.32 Å². The molecule has 0 heterocycles. The molecular formula is C20H24FNO2. The number of hydrogen-bond donors (Lipinski definition) is 1. The van der Waals surface area contributed by atoms with Crippen molar-refractivity contribution in [3.05, 3.63) is 65.0 Å². The monoisotopic (exact) mass is 329 g/mol. The summed E-state index contributed by atoms with van der Waals surface area (Å²) in [6.07, 6.45) is 0.00420. The lowest BCUT2D eigenvalue weighted by Gasteiger charge is -2.21. The molecule has 2 aromatic rings. The fourth-order valence-corrected chi connectivity index (χ4v) is 2.41. The molecular weight excluding hydrogens is 305 g/mol. The third-order valence-corrected chi connectivity index (χ3v) is 4.15. The van der Waals surface area contributed by atoms with Crippen LogP contribution in [0.3, 0.4) is 0 Å². The van der Waals surface area contributed by atoms with Gasteiger partial charge in [0, 0.05) is 0 Å². The first-order chi connectivity index (χ1) is 11.4. The van der Waals surface area contributed by atoms with Crippen LogP contribution in [-0.2, 0) is 4.79 Å². The molecule has 2 rings (SSSR count). The first-order valence-electron chi connectivity index (χ1n) is 8.20. The molecule has 1 amide bonds. The van der Waals surface area contributed by atoms with Gasteiger partial charge in [-0.2, -0.15) is 0 Å². The number of rotatable bonds is 6. The number of hydrogen-bond acceptors (Lipinski definition) is 2. The van der Waals surface area contributed by atoms with Crippen molar-refractivity contribution in [1.29, 1.82) is 0 Å². The van der Waals surface area contributed by atoms with E-state index in [0.717, 1.165) is 11.1 Å². The fourth-order valence-electron chi connectivity index (χ4n) is 2.41. The molecule has 0 saturated heterocycles. The van der Waals surface area contributed by atoms with E-state index >= 15 is 0 Å². The second kappa shape index (κ2) is 7.95. The topological polar surface area (TPSA) is 38.3 Å². The third kappa shape index (κ3) is 4.57. The highest BCUT2D eigenvalue weighted by Crippen LogP contribution is 2.19. The fraction of sp³-hybridized carbons (Fsp3) is 0.350. The normalized spacial score (nSPS) is 13.2. The van der Waals surface area contributed by atoms with Crippen LogP contribution in [0.25, 0.3) is 0 Å². The Morgan fingerprint density at radius 2 is 1.79 bits per heavy atom. The maximum absolute atomic E-state index is 13.0. The minimum atomic E-state index is -0.560. The van der Waals surface area contributed by atoms with Gasteiger partial charge in [0.05, 0.1) is 6.04 Å². The van der Waals surface area contributed by atoms with Gasteiger partial charge in [0.25, 0.3) is 5.91 Å². The van der Waals surface area contributed by atoms with Gasteiger partial charge in [0.15, 0.2) is 6.10 Å². The van der Waals surface area contributed by atoms with Gasteiger partial charge in [-0.05, 0) is 68.1 Å². The molecule has 0 aliphatic carbocycles. The van der Waals surface area contributed by atoms with Gasteiger partial charge < -0.3 is 10.1 Å². The maximum atomic E-state index is 13.0. The lowest BCUT2D eigenvalue weighted by Crippen LogP contribution is -2.39. The van der Waals surface area contributed by atoms with E-state index in [1.165, 1.54) is 17.7 Å². The van der Waals surface area contributed by atoms with E-state index in [2.05, 4.69) is 5.32 Å². The number of carbonyl (C=O) groups excluding carboxylic acids is 1. The lowest BCUT2D eigenvalue weighted by molar-refractivity contribution is -0.128. The van der Waals surface area contributed by atoms with Crippen LogP contribution in [0, 0.1) is 19.7 Å². The molecule has 0 radical (unpaired) electrons. The zero-order valence-corrected chi connectivity index (χ0v) is 14.6. The van der Waals surface area contributed by atoms with Crippen LogP contribution in [0.4, 0.5) is 4.39 Å². The molecule has 128 valence electrons. The summed E-state index contributed by atoms with van der Waals surface area (Å²) in [6, 6.07) is 11.7. The zero-order chi connectivity index (χ0) is 17.7. The van der Waals surface area contributed by atoms with Crippen molar-refractivity contribution in [3.8, 4) is 5.75 Å². The van der Waals surface area contributed by atoms with Gasteiger partial charge in [-0.15, -0.1) is 0 Å². The summed E-state index contributed by atoms with van der Waals surface area (Å²) < 4.78 is 18.8. The highest BCUT2D eigenvalue weighted by Gasteiger charge is 2.20. The first-order valence-corrected chi connectivity index (χ1v) is 8.20. The number of amides is 1. The van der Waals surface area contributed by atoms with E-state index in [4.69, 9.17) is 4.74 Å². The number of ether oxygens (including phenoxy) is 1. The minimum Gasteiger partial charge on any atom is -0.481 e. The number of carbonyl (C=O) groups is 1. The van der Waals surface area contributed by atoms with Crippen LogP contribution in [0.15, 0.2) is 42.5 Å². The van der Waals surface area contributed by atoms with Crippen LogP contribution in [-0.4, -0.2) is 12.0 Å². The standard InChI is InChI=1S/C20H24FNO2/c1-5-19(24-18-11-6-13(2)14(3)12-18)20(23)22-15(4)16-7-9-17(21)10-8-16/h6-12,15,19H,5H2,1-4H3,(H,22,23)/t15-,19-/m1/s1. The maximum Gasteiger partial charge on any atom is 0.261 e. The number of aryl methyl sites for hydroxylation is 2. The van der Waals surface area contributed by atoms with Crippen LogP contribution >= 0.6 is 0 Å². The van der Waals surface area contributed by atoms with Crippen LogP contribution in [0.1, 0.15) is 43.0 Å². The molecule has 0 aliphatic rings. The molecule has 0 unspecified atom stereocenters. The molecule has 24 heavy (non-hydrogen) atoms. The highest BCUT2D eigenvalue weighted by atomic mass is 19.1. The Kier molecular flexibility index (Phi) is 5.96. The van der Waals surface area contributed by atoms with Crippen LogP contribution < -0.4 is 10.1 Å². The van der Waals surface area contributed by atoms with Crippen molar-refractivity contribution in [2.45, 2.75) is 46.3 Å². The molecule has 1 N–H and O–H groups in total. The summed E-state index contributed by atoms with van der Waals surface area (Å²) >= 11 is 0. The highest BCUT2D eigenvalue weighted by molar-refractivity contribution is 5.81. The van der Waals surface area contributed by atoms with E-state index in [-0.39, 0.29) is 17.8 Å². The number of nitrogens with one attached hydrogen (secondary N) is 1. The molecule has 0 aromatic heterocycles. The summed E-state index contributed by atoms with van der Waals surface area (Å²) in [5.74, 6) is 0.226. The third-order valence-electron chi connectivity index (χ3n) is 4.15. The molecule has 0 aliphatic heterocycles. The van der Waals surface area contributed by atoms with E-state index in [9.17, 15) is 9.18 Å². The molecule has 2 aromatic carbocycles. The molecule has 0 fully saturated rings. The molecule has 2 atom stereocenters. The average molecular weight is 329 g/mol.